The van der Waals surface area contributed by atoms with E-state index in [4.69, 9.17) is 14.9 Å². The summed E-state index contributed by atoms with van der Waals surface area (Å²) in [6.07, 6.45) is 0.658. The van der Waals surface area contributed by atoms with Crippen molar-refractivity contribution in [2.75, 3.05) is 38.3 Å². The van der Waals surface area contributed by atoms with Gasteiger partial charge in [0, 0.05) is 25.9 Å². The molecule has 0 aliphatic carbocycles. The number of carboxylic acid groups (broad SMARTS) is 1. The summed E-state index contributed by atoms with van der Waals surface area (Å²) in [4.78, 5) is 17.3. The van der Waals surface area contributed by atoms with Crippen molar-refractivity contribution in [3.05, 3.63) is 23.4 Å². The molecule has 1 aromatic heterocycles. The molecule has 0 radical (unpaired) electrons. The van der Waals surface area contributed by atoms with Crippen LogP contribution in [0.1, 0.15) is 23.0 Å². The van der Waals surface area contributed by atoms with Crippen molar-refractivity contribution in [2.24, 2.45) is 0 Å². The molecule has 0 aliphatic rings. The predicted molar refractivity (Wildman–Crippen MR) is 71.7 cm³/mol. The number of anilines is 1. The third-order valence-electron chi connectivity index (χ3n) is 2.73. The Kier molecular flexibility index (Phi) is 6.24. The topological polar surface area (TPSA) is 82.9 Å². The molecule has 0 unspecified atom stereocenters. The second-order valence-electron chi connectivity index (χ2n) is 4.07. The Bertz CT molecular complexity index is 423. The van der Waals surface area contributed by atoms with Crippen LogP contribution in [-0.4, -0.2) is 54.6 Å². The molecule has 106 valence electrons. The summed E-state index contributed by atoms with van der Waals surface area (Å²) in [7, 11) is 1.59. The number of aromatic carboxylic acids is 1. The number of aryl methyl sites for hydroxylation is 1. The number of aromatic nitrogens is 1. The van der Waals surface area contributed by atoms with Gasteiger partial charge in [0.25, 0.3) is 0 Å². The van der Waals surface area contributed by atoms with Gasteiger partial charge in [-0.05, 0) is 18.6 Å². The highest BCUT2D eigenvalue weighted by atomic mass is 16.5. The molecule has 1 aromatic rings. The van der Waals surface area contributed by atoms with Crippen molar-refractivity contribution >= 4 is 11.8 Å². The maximum absolute atomic E-state index is 11.1. The quantitative estimate of drug-likeness (QED) is 0.725. The average molecular weight is 268 g/mol. The third-order valence-corrected chi connectivity index (χ3v) is 2.73. The van der Waals surface area contributed by atoms with Crippen molar-refractivity contribution in [3.8, 4) is 0 Å². The Labute approximate surface area is 112 Å². The van der Waals surface area contributed by atoms with Gasteiger partial charge in [0.05, 0.1) is 18.8 Å². The number of hydrogen-bond donors (Lipinski definition) is 2. The number of aliphatic hydroxyl groups is 1. The van der Waals surface area contributed by atoms with Crippen molar-refractivity contribution < 1.29 is 19.7 Å². The van der Waals surface area contributed by atoms with Crippen LogP contribution in [0.4, 0.5) is 5.82 Å². The largest absolute Gasteiger partial charge is 0.478 e. The number of ether oxygens (including phenoxy) is 1. The Morgan fingerprint density at radius 1 is 1.42 bits per heavy atom. The van der Waals surface area contributed by atoms with Gasteiger partial charge in [0.15, 0.2) is 0 Å². The zero-order valence-corrected chi connectivity index (χ0v) is 11.3. The van der Waals surface area contributed by atoms with Crippen molar-refractivity contribution in [1.82, 2.24) is 4.98 Å². The van der Waals surface area contributed by atoms with E-state index in [1.807, 2.05) is 11.8 Å². The molecule has 1 heterocycles. The number of methoxy groups -OCH3 is 1. The normalized spacial score (nSPS) is 10.5. The minimum Gasteiger partial charge on any atom is -0.478 e. The Morgan fingerprint density at radius 2 is 2.16 bits per heavy atom. The van der Waals surface area contributed by atoms with E-state index in [9.17, 15) is 4.79 Å². The van der Waals surface area contributed by atoms with Crippen LogP contribution in [0.25, 0.3) is 0 Å². The Hall–Kier alpha value is -1.66. The fourth-order valence-corrected chi connectivity index (χ4v) is 1.70. The fraction of sp³-hybridized carbons (Fsp3) is 0.538. The molecular formula is C13H20N2O4. The Morgan fingerprint density at radius 3 is 2.68 bits per heavy atom. The molecule has 0 spiro atoms. The zero-order chi connectivity index (χ0) is 14.3. The molecule has 0 saturated heterocycles. The van der Waals surface area contributed by atoms with E-state index in [2.05, 4.69) is 4.98 Å². The van der Waals surface area contributed by atoms with E-state index in [1.165, 1.54) is 6.07 Å². The number of rotatable bonds is 8. The second-order valence-corrected chi connectivity index (χ2v) is 4.07. The van der Waals surface area contributed by atoms with Crippen LogP contribution in [0.3, 0.4) is 0 Å². The van der Waals surface area contributed by atoms with Gasteiger partial charge in [0.1, 0.15) is 5.82 Å². The molecule has 19 heavy (non-hydrogen) atoms. The van der Waals surface area contributed by atoms with Crippen LogP contribution >= 0.6 is 0 Å². The number of pyridine rings is 1. The van der Waals surface area contributed by atoms with E-state index in [1.54, 1.807) is 13.2 Å². The minimum atomic E-state index is -0.978. The summed E-state index contributed by atoms with van der Waals surface area (Å²) in [6.45, 7) is 3.33. The summed E-state index contributed by atoms with van der Waals surface area (Å²) >= 11 is 0. The standard InChI is InChI=1S/C13H20N2O4/c1-3-11-8-10(13(17)18)9-12(14-11)15(4-6-16)5-7-19-2/h8-9,16H,3-7H2,1-2H3,(H,17,18). The molecule has 1 rings (SSSR count). The van der Waals surface area contributed by atoms with E-state index in [-0.39, 0.29) is 12.2 Å². The van der Waals surface area contributed by atoms with Gasteiger partial charge >= 0.3 is 5.97 Å². The number of carboxylic acids is 1. The van der Waals surface area contributed by atoms with Crippen LogP contribution in [0, 0.1) is 0 Å². The summed E-state index contributed by atoms with van der Waals surface area (Å²) in [5, 5.41) is 18.2. The lowest BCUT2D eigenvalue weighted by Crippen LogP contribution is -2.31. The second kappa shape index (κ2) is 7.70. The molecule has 0 saturated carbocycles. The van der Waals surface area contributed by atoms with Gasteiger partial charge in [-0.1, -0.05) is 6.92 Å². The first-order valence-electron chi connectivity index (χ1n) is 6.21. The van der Waals surface area contributed by atoms with Gasteiger partial charge < -0.3 is 19.8 Å². The number of nitrogens with zero attached hydrogens (tertiary/aromatic N) is 2. The van der Waals surface area contributed by atoms with Gasteiger partial charge in [-0.15, -0.1) is 0 Å². The van der Waals surface area contributed by atoms with Crippen LogP contribution < -0.4 is 4.90 Å². The van der Waals surface area contributed by atoms with E-state index in [0.29, 0.717) is 31.9 Å². The van der Waals surface area contributed by atoms with Gasteiger partial charge in [-0.25, -0.2) is 9.78 Å². The van der Waals surface area contributed by atoms with Crippen LogP contribution in [0.2, 0.25) is 0 Å². The molecule has 6 heteroatoms. The molecule has 6 nitrogen and oxygen atoms in total. The van der Waals surface area contributed by atoms with Crippen LogP contribution in [-0.2, 0) is 11.2 Å². The first kappa shape index (κ1) is 15.4. The van der Waals surface area contributed by atoms with Crippen LogP contribution in [0.5, 0.6) is 0 Å². The van der Waals surface area contributed by atoms with Gasteiger partial charge in [-0.2, -0.15) is 0 Å². The van der Waals surface area contributed by atoms with Gasteiger partial charge in [-0.3, -0.25) is 0 Å². The van der Waals surface area contributed by atoms with Crippen molar-refractivity contribution in [3.63, 3.8) is 0 Å². The summed E-state index contributed by atoms with van der Waals surface area (Å²) < 4.78 is 5.01. The maximum atomic E-state index is 11.1. The van der Waals surface area contributed by atoms with E-state index >= 15 is 0 Å². The van der Waals surface area contributed by atoms with E-state index < -0.39 is 5.97 Å². The smallest absolute Gasteiger partial charge is 0.335 e. The average Bonchev–Trinajstić information content (AvgIpc) is 2.42. The van der Waals surface area contributed by atoms with Crippen molar-refractivity contribution in [1.29, 1.82) is 0 Å². The summed E-state index contributed by atoms with van der Waals surface area (Å²) in [6, 6.07) is 3.09. The molecule has 2 N–H and O–H groups in total. The molecule has 0 fully saturated rings. The van der Waals surface area contributed by atoms with Crippen LogP contribution in [0.15, 0.2) is 12.1 Å². The lowest BCUT2D eigenvalue weighted by Gasteiger charge is -2.23. The lowest BCUT2D eigenvalue weighted by atomic mass is 10.2. The minimum absolute atomic E-state index is 0.0237. The lowest BCUT2D eigenvalue weighted by molar-refractivity contribution is 0.0696. The SMILES string of the molecule is CCc1cc(C(=O)O)cc(N(CCO)CCOC)n1. The summed E-state index contributed by atoms with van der Waals surface area (Å²) in [5.74, 6) is -0.420. The van der Waals surface area contributed by atoms with Crippen molar-refractivity contribution in [2.45, 2.75) is 13.3 Å². The highest BCUT2D eigenvalue weighted by Gasteiger charge is 2.13. The maximum Gasteiger partial charge on any atom is 0.335 e. The number of aliphatic hydroxyl groups excluding tert-OH is 1. The highest BCUT2D eigenvalue weighted by molar-refractivity contribution is 5.88. The Balaban J connectivity index is 3.05. The molecule has 0 amide bonds. The third kappa shape index (κ3) is 4.50. The molecule has 0 aromatic carbocycles. The molecule has 0 bridgehead atoms. The predicted octanol–water partition coefficient (Wildman–Crippen LogP) is 0.787. The number of hydrogen-bond acceptors (Lipinski definition) is 5. The number of carbonyl (C=O) groups is 1. The first-order valence-corrected chi connectivity index (χ1v) is 6.21. The molecule has 0 aliphatic heterocycles. The summed E-state index contributed by atoms with van der Waals surface area (Å²) in [5.41, 5.74) is 0.928. The first-order chi connectivity index (χ1) is 9.12. The molecule has 0 atom stereocenters. The van der Waals surface area contributed by atoms with E-state index in [0.717, 1.165) is 5.69 Å². The van der Waals surface area contributed by atoms with Gasteiger partial charge in [0.2, 0.25) is 0 Å². The highest BCUT2D eigenvalue weighted by Crippen LogP contribution is 2.15. The fourth-order valence-electron chi connectivity index (χ4n) is 1.70. The monoisotopic (exact) mass is 268 g/mol. The zero-order valence-electron chi connectivity index (χ0n) is 11.3. The molecular weight excluding hydrogens is 248 g/mol.